The van der Waals surface area contributed by atoms with E-state index in [0.717, 1.165) is 5.56 Å². The summed E-state index contributed by atoms with van der Waals surface area (Å²) >= 11 is 0. The van der Waals surface area contributed by atoms with Crippen molar-refractivity contribution in [1.29, 1.82) is 0 Å². The van der Waals surface area contributed by atoms with Crippen LogP contribution in [0.2, 0.25) is 0 Å². The van der Waals surface area contributed by atoms with Gasteiger partial charge in [0.2, 0.25) is 0 Å². The van der Waals surface area contributed by atoms with E-state index >= 15 is 0 Å². The van der Waals surface area contributed by atoms with Gasteiger partial charge in [0.15, 0.2) is 17.1 Å². The number of hydrogen-bond acceptors (Lipinski definition) is 7. The molecule has 1 aliphatic heterocycles. The third kappa shape index (κ3) is 3.17. The number of benzene rings is 2. The highest BCUT2D eigenvalue weighted by Gasteiger charge is 2.43. The van der Waals surface area contributed by atoms with Crippen LogP contribution in [0.5, 0.6) is 0 Å². The zero-order chi connectivity index (χ0) is 22.3. The fourth-order valence-corrected chi connectivity index (χ4v) is 4.09. The van der Waals surface area contributed by atoms with Gasteiger partial charge in [-0.3, -0.25) is 0 Å². The summed E-state index contributed by atoms with van der Waals surface area (Å²) in [6.07, 6.45) is 1.39. The molecule has 5 rings (SSSR count). The van der Waals surface area contributed by atoms with E-state index < -0.39 is 17.2 Å². The van der Waals surface area contributed by atoms with Gasteiger partial charge in [-0.25, -0.2) is 29.6 Å². The molecule has 0 aliphatic carbocycles. The quantitative estimate of drug-likeness (QED) is 0.326. The topological polar surface area (TPSA) is 99.1 Å². The van der Waals surface area contributed by atoms with Crippen molar-refractivity contribution < 1.29 is 13.9 Å². The third-order valence-electron chi connectivity index (χ3n) is 5.62. The van der Waals surface area contributed by atoms with Gasteiger partial charge in [0.1, 0.15) is 17.8 Å². The normalized spacial score (nSPS) is 15.0. The number of aryl methyl sites for hydroxylation is 1. The number of aromatic nitrogens is 3. The molecule has 5 N–H and O–H groups in total. The molecule has 3 heterocycles. The molecule has 2 aromatic heterocycles. The molecule has 1 fully saturated rings. The number of nitrogens with one attached hydrogen (secondary N) is 4. The van der Waals surface area contributed by atoms with Crippen molar-refractivity contribution in [1.82, 2.24) is 36.5 Å². The van der Waals surface area contributed by atoms with E-state index in [4.69, 9.17) is 0 Å². The molecule has 0 amide bonds. The lowest BCUT2D eigenvalue weighted by atomic mass is 9.84. The molecule has 8 nitrogen and oxygen atoms in total. The van der Waals surface area contributed by atoms with Gasteiger partial charge >= 0.3 is 0 Å². The van der Waals surface area contributed by atoms with E-state index in [9.17, 15) is 13.9 Å². The number of imidazole rings is 1. The minimum atomic E-state index is -2.18. The average Bonchev–Trinajstić information content (AvgIpc) is 3.47. The molecule has 0 atom stereocenters. The van der Waals surface area contributed by atoms with E-state index in [2.05, 4.69) is 31.9 Å². The van der Waals surface area contributed by atoms with Crippen LogP contribution < -0.4 is 21.9 Å². The molecule has 32 heavy (non-hydrogen) atoms. The van der Waals surface area contributed by atoms with Crippen molar-refractivity contribution in [3.05, 3.63) is 94.9 Å². The highest BCUT2D eigenvalue weighted by atomic mass is 19.1. The number of pyridine rings is 1. The fourth-order valence-electron chi connectivity index (χ4n) is 4.09. The minimum absolute atomic E-state index is 0.0819. The molecule has 0 unspecified atom stereocenters. The van der Waals surface area contributed by atoms with Crippen LogP contribution in [0.1, 0.15) is 35.6 Å². The highest BCUT2D eigenvalue weighted by molar-refractivity contribution is 5.73. The Bertz CT molecular complexity index is 1240. The highest BCUT2D eigenvalue weighted by Crippen LogP contribution is 2.40. The summed E-state index contributed by atoms with van der Waals surface area (Å²) in [6, 6.07) is 13.4. The van der Waals surface area contributed by atoms with Crippen molar-refractivity contribution in [2.75, 3.05) is 0 Å². The Morgan fingerprint density at radius 2 is 1.59 bits per heavy atom. The van der Waals surface area contributed by atoms with E-state index in [0.29, 0.717) is 17.7 Å². The second-order valence-electron chi connectivity index (χ2n) is 7.43. The zero-order valence-electron chi connectivity index (χ0n) is 17.1. The Kier molecular flexibility index (Phi) is 5.16. The Morgan fingerprint density at radius 1 is 1.00 bits per heavy atom. The lowest BCUT2D eigenvalue weighted by Crippen LogP contribution is -2.34. The summed E-state index contributed by atoms with van der Waals surface area (Å²) in [7, 11) is 0. The number of hydrogen-bond donors (Lipinski definition) is 5. The molecule has 0 bridgehead atoms. The Morgan fingerprint density at radius 3 is 2.16 bits per heavy atom. The Balaban J connectivity index is 1.79. The standard InChI is InChI=1S/C22H21F2N7O/c1-2-31-18-11-13(19-27-29-30-28-19)12-25-20(18)26-21(31)22(32,14-7-3-5-9-16(14)23)15-8-4-6-10-17(15)24/h3-12,19,27-30,32H,2H2,1H3. The van der Waals surface area contributed by atoms with E-state index in [-0.39, 0.29) is 23.1 Å². The first-order chi connectivity index (χ1) is 15.5. The van der Waals surface area contributed by atoms with E-state index in [1.54, 1.807) is 22.9 Å². The van der Waals surface area contributed by atoms with Crippen LogP contribution >= 0.6 is 0 Å². The van der Waals surface area contributed by atoms with Crippen molar-refractivity contribution in [2.45, 2.75) is 25.2 Å². The molecular formula is C22H21F2N7O. The molecule has 2 aromatic carbocycles. The monoisotopic (exact) mass is 437 g/mol. The number of halogens is 2. The van der Waals surface area contributed by atoms with E-state index in [1.807, 2.05) is 13.0 Å². The van der Waals surface area contributed by atoms with Crippen LogP contribution in [0.15, 0.2) is 60.8 Å². The average molecular weight is 437 g/mol. The van der Waals surface area contributed by atoms with Crippen molar-refractivity contribution >= 4 is 11.2 Å². The van der Waals surface area contributed by atoms with Crippen LogP contribution in [-0.4, -0.2) is 19.6 Å². The van der Waals surface area contributed by atoms with Gasteiger partial charge in [-0.15, -0.1) is 0 Å². The molecule has 0 spiro atoms. The lowest BCUT2D eigenvalue weighted by Gasteiger charge is -2.30. The van der Waals surface area contributed by atoms with Gasteiger partial charge in [-0.2, -0.15) is 11.1 Å². The molecule has 0 radical (unpaired) electrons. The first-order valence-corrected chi connectivity index (χ1v) is 10.1. The number of fused-ring (bicyclic) bond motifs is 1. The predicted molar refractivity (Wildman–Crippen MR) is 113 cm³/mol. The minimum Gasteiger partial charge on any atom is -0.373 e. The Labute approximate surface area is 182 Å². The summed E-state index contributed by atoms with van der Waals surface area (Å²) < 4.78 is 31.7. The molecule has 1 saturated heterocycles. The van der Waals surface area contributed by atoms with Crippen LogP contribution in [-0.2, 0) is 12.1 Å². The molecule has 10 heteroatoms. The summed E-state index contributed by atoms with van der Waals surface area (Å²) in [5.74, 6) is -1.25. The van der Waals surface area contributed by atoms with Gasteiger partial charge in [-0.05, 0) is 25.1 Å². The van der Waals surface area contributed by atoms with Gasteiger partial charge in [0, 0.05) is 29.4 Å². The lowest BCUT2D eigenvalue weighted by molar-refractivity contribution is 0.103. The molecule has 4 aromatic rings. The molecule has 164 valence electrons. The van der Waals surface area contributed by atoms with Crippen LogP contribution in [0, 0.1) is 11.6 Å². The second kappa shape index (κ2) is 8.01. The smallest absolute Gasteiger partial charge is 0.179 e. The summed E-state index contributed by atoms with van der Waals surface area (Å²) in [5.41, 5.74) is 10.9. The number of rotatable bonds is 5. The maximum atomic E-state index is 15.0. The van der Waals surface area contributed by atoms with Crippen molar-refractivity contribution in [3.8, 4) is 0 Å². The van der Waals surface area contributed by atoms with Gasteiger partial charge < -0.3 is 9.67 Å². The first kappa shape index (κ1) is 20.6. The predicted octanol–water partition coefficient (Wildman–Crippen LogP) is 2.13. The SMILES string of the molecule is CCn1c(C(O)(c2ccccc2F)c2ccccc2F)nc2ncc(C3NNNN3)cc21. The zero-order valence-corrected chi connectivity index (χ0v) is 17.1. The number of aliphatic hydroxyl groups is 1. The van der Waals surface area contributed by atoms with Crippen LogP contribution in [0.25, 0.3) is 11.2 Å². The number of nitrogens with zero attached hydrogens (tertiary/aromatic N) is 3. The molecule has 0 saturated carbocycles. The Hall–Kier alpha value is -3.28. The van der Waals surface area contributed by atoms with Crippen molar-refractivity contribution in [3.63, 3.8) is 0 Å². The van der Waals surface area contributed by atoms with Gasteiger partial charge in [-0.1, -0.05) is 36.4 Å². The molecular weight excluding hydrogens is 416 g/mol. The summed E-state index contributed by atoms with van der Waals surface area (Å²) in [6.45, 7) is 2.26. The second-order valence-corrected chi connectivity index (χ2v) is 7.43. The maximum Gasteiger partial charge on any atom is 0.179 e. The first-order valence-electron chi connectivity index (χ1n) is 10.1. The largest absolute Gasteiger partial charge is 0.373 e. The van der Waals surface area contributed by atoms with E-state index in [1.165, 1.54) is 36.4 Å². The fraction of sp³-hybridized carbons (Fsp3) is 0.182. The van der Waals surface area contributed by atoms with Crippen LogP contribution in [0.4, 0.5) is 8.78 Å². The summed E-state index contributed by atoms with van der Waals surface area (Å²) in [4.78, 5) is 8.99. The van der Waals surface area contributed by atoms with Crippen LogP contribution in [0.3, 0.4) is 0 Å². The van der Waals surface area contributed by atoms with Gasteiger partial charge in [0.05, 0.1) is 5.52 Å². The third-order valence-corrected chi connectivity index (χ3v) is 5.62. The number of hydrazine groups is 3. The maximum absolute atomic E-state index is 15.0. The van der Waals surface area contributed by atoms with Gasteiger partial charge in [0.25, 0.3) is 0 Å². The summed E-state index contributed by atoms with van der Waals surface area (Å²) in [5, 5.41) is 12.0. The molecule has 1 aliphatic rings. The van der Waals surface area contributed by atoms with Crippen molar-refractivity contribution in [2.24, 2.45) is 0 Å².